The monoisotopic (exact) mass is 482 g/mol. The highest BCUT2D eigenvalue weighted by Gasteiger charge is 2.32. The van der Waals surface area contributed by atoms with Gasteiger partial charge in [-0.2, -0.15) is 12.6 Å². The van der Waals surface area contributed by atoms with Crippen LogP contribution in [0.1, 0.15) is 32.8 Å². The molecule has 10 nitrogen and oxygen atoms in total. The first-order chi connectivity index (χ1) is 15.5. The number of amides is 3. The first-order valence-corrected chi connectivity index (χ1v) is 11.4. The first kappa shape index (κ1) is 28.4. The molecule has 0 spiro atoms. The molecule has 1 aromatic rings. The molecule has 0 bridgehead atoms. The third-order valence-corrected chi connectivity index (χ3v) is 5.69. The molecule has 3 amide bonds. The van der Waals surface area contributed by atoms with E-state index < -0.39 is 54.0 Å². The van der Waals surface area contributed by atoms with E-state index in [-0.39, 0.29) is 18.1 Å². The highest BCUT2D eigenvalue weighted by atomic mass is 32.1. The molecule has 0 radical (unpaired) electrons. The lowest BCUT2D eigenvalue weighted by atomic mass is 9.97. The van der Waals surface area contributed by atoms with Crippen molar-refractivity contribution >= 4 is 36.3 Å². The molecular formula is C22H34N4O6S. The molecule has 6 unspecified atom stereocenters. The van der Waals surface area contributed by atoms with Crippen LogP contribution >= 0.6 is 12.6 Å². The quantitative estimate of drug-likeness (QED) is 0.185. The Bertz CT molecular complexity index is 807. The number of nitrogens with two attached hydrogens (primary N) is 1. The molecule has 0 aliphatic rings. The van der Waals surface area contributed by atoms with E-state index in [9.17, 15) is 29.4 Å². The van der Waals surface area contributed by atoms with Crippen molar-refractivity contribution in [2.24, 2.45) is 11.7 Å². The van der Waals surface area contributed by atoms with Gasteiger partial charge in [-0.1, -0.05) is 50.6 Å². The summed E-state index contributed by atoms with van der Waals surface area (Å²) in [6.07, 6.45) is -0.505. The Morgan fingerprint density at radius 2 is 1.55 bits per heavy atom. The molecular weight excluding hydrogens is 448 g/mol. The highest BCUT2D eigenvalue weighted by molar-refractivity contribution is 7.80. The minimum absolute atomic E-state index is 0.0674. The molecule has 6 atom stereocenters. The molecule has 11 heteroatoms. The van der Waals surface area contributed by atoms with Crippen LogP contribution < -0.4 is 21.7 Å². The number of hydrogen-bond donors (Lipinski definition) is 7. The van der Waals surface area contributed by atoms with E-state index in [1.807, 2.05) is 6.92 Å². The molecule has 0 heterocycles. The van der Waals surface area contributed by atoms with Crippen LogP contribution in [0.2, 0.25) is 0 Å². The zero-order valence-corrected chi connectivity index (χ0v) is 19.9. The Morgan fingerprint density at radius 1 is 0.970 bits per heavy atom. The standard InChI is InChI=1S/C22H34N4O6S/c1-4-12(2)18(26-20(29)17(23)13(3)27)21(30)25-16(11-33)19(28)24-15(22(31)32)10-14-8-6-5-7-9-14/h5-9,12-13,15-18,27,33H,4,10-11,23H2,1-3H3,(H,24,28)(H,25,30)(H,26,29)(H,31,32). The Morgan fingerprint density at radius 3 is 2.03 bits per heavy atom. The molecule has 1 aromatic carbocycles. The average Bonchev–Trinajstić information content (AvgIpc) is 2.79. The zero-order chi connectivity index (χ0) is 25.1. The lowest BCUT2D eigenvalue weighted by Crippen LogP contribution is -2.60. The molecule has 0 saturated heterocycles. The normalized spacial score (nSPS) is 16.4. The minimum Gasteiger partial charge on any atom is -0.480 e. The SMILES string of the molecule is CCC(C)C(NC(=O)C(N)C(C)O)C(=O)NC(CS)C(=O)NC(Cc1ccccc1)C(=O)O. The van der Waals surface area contributed by atoms with Crippen LogP contribution in [0.5, 0.6) is 0 Å². The molecule has 0 aliphatic heterocycles. The van der Waals surface area contributed by atoms with Gasteiger partial charge in [0.2, 0.25) is 17.7 Å². The van der Waals surface area contributed by atoms with Crippen molar-refractivity contribution in [3.8, 4) is 0 Å². The van der Waals surface area contributed by atoms with Crippen molar-refractivity contribution in [2.45, 2.75) is 63.9 Å². The van der Waals surface area contributed by atoms with Crippen molar-refractivity contribution < 1.29 is 29.4 Å². The largest absolute Gasteiger partial charge is 0.480 e. The number of carboxylic acids is 1. The van der Waals surface area contributed by atoms with Crippen LogP contribution in [0, 0.1) is 5.92 Å². The van der Waals surface area contributed by atoms with Crippen molar-refractivity contribution in [3.63, 3.8) is 0 Å². The van der Waals surface area contributed by atoms with E-state index in [1.165, 1.54) is 6.92 Å². The summed E-state index contributed by atoms with van der Waals surface area (Å²) < 4.78 is 0. The summed E-state index contributed by atoms with van der Waals surface area (Å²) in [6.45, 7) is 4.93. The van der Waals surface area contributed by atoms with Crippen molar-refractivity contribution in [2.75, 3.05) is 5.75 Å². The summed E-state index contributed by atoms with van der Waals surface area (Å²) in [5, 5.41) is 26.5. The summed E-state index contributed by atoms with van der Waals surface area (Å²) in [6, 6.07) is 4.25. The third kappa shape index (κ3) is 9.03. The molecule has 7 N–H and O–H groups in total. The number of rotatable bonds is 13. The fourth-order valence-corrected chi connectivity index (χ4v) is 3.21. The predicted molar refractivity (Wildman–Crippen MR) is 127 cm³/mol. The number of aliphatic carboxylic acids is 1. The van der Waals surface area contributed by atoms with E-state index >= 15 is 0 Å². The van der Waals surface area contributed by atoms with E-state index in [4.69, 9.17) is 5.73 Å². The Labute approximate surface area is 199 Å². The number of carboxylic acid groups (broad SMARTS) is 1. The van der Waals surface area contributed by atoms with E-state index in [0.29, 0.717) is 6.42 Å². The maximum absolute atomic E-state index is 12.9. The number of aliphatic hydroxyl groups is 1. The van der Waals surface area contributed by atoms with Gasteiger partial charge in [0.15, 0.2) is 0 Å². The molecule has 1 rings (SSSR count). The predicted octanol–water partition coefficient (Wildman–Crippen LogP) is -0.548. The summed E-state index contributed by atoms with van der Waals surface area (Å²) in [7, 11) is 0. The fraction of sp³-hybridized carbons (Fsp3) is 0.545. The van der Waals surface area contributed by atoms with Crippen LogP contribution in [0.25, 0.3) is 0 Å². The molecule has 0 aliphatic carbocycles. The summed E-state index contributed by atoms with van der Waals surface area (Å²) in [5.41, 5.74) is 6.37. The van der Waals surface area contributed by atoms with Gasteiger partial charge in [-0.3, -0.25) is 14.4 Å². The van der Waals surface area contributed by atoms with Gasteiger partial charge < -0.3 is 31.9 Å². The number of carbonyl (C=O) groups is 4. The Kier molecular flexibility index (Phi) is 11.9. The number of nitrogens with one attached hydrogen (secondary N) is 3. The fourth-order valence-electron chi connectivity index (χ4n) is 2.95. The third-order valence-electron chi connectivity index (χ3n) is 5.33. The number of thiol groups is 1. The second-order valence-corrected chi connectivity index (χ2v) is 8.34. The van der Waals surface area contributed by atoms with Crippen molar-refractivity contribution in [3.05, 3.63) is 35.9 Å². The Hall–Kier alpha value is -2.63. The van der Waals surface area contributed by atoms with Crippen molar-refractivity contribution in [1.82, 2.24) is 16.0 Å². The topological polar surface area (TPSA) is 171 Å². The molecule has 33 heavy (non-hydrogen) atoms. The lowest BCUT2D eigenvalue weighted by molar-refractivity contribution is -0.142. The van der Waals surface area contributed by atoms with Crippen LogP contribution in [0.3, 0.4) is 0 Å². The number of carbonyl (C=O) groups excluding carboxylic acids is 3. The van der Waals surface area contributed by atoms with Crippen molar-refractivity contribution in [1.29, 1.82) is 0 Å². The van der Waals surface area contributed by atoms with Gasteiger partial charge in [0, 0.05) is 12.2 Å². The summed E-state index contributed by atoms with van der Waals surface area (Å²) in [4.78, 5) is 49.5. The highest BCUT2D eigenvalue weighted by Crippen LogP contribution is 2.10. The maximum atomic E-state index is 12.9. The average molecular weight is 483 g/mol. The molecule has 0 aromatic heterocycles. The number of aliphatic hydroxyl groups excluding tert-OH is 1. The molecule has 0 fully saturated rings. The van der Waals surface area contributed by atoms with E-state index in [2.05, 4.69) is 28.6 Å². The van der Waals surface area contributed by atoms with Gasteiger partial charge in [-0.25, -0.2) is 4.79 Å². The van der Waals surface area contributed by atoms with Crippen LogP contribution in [0.4, 0.5) is 0 Å². The second kappa shape index (κ2) is 13.8. The second-order valence-electron chi connectivity index (χ2n) is 7.97. The van der Waals surface area contributed by atoms with Gasteiger partial charge in [0.1, 0.15) is 24.2 Å². The maximum Gasteiger partial charge on any atom is 0.326 e. The van der Waals surface area contributed by atoms with Gasteiger partial charge in [0.05, 0.1) is 6.10 Å². The van der Waals surface area contributed by atoms with Gasteiger partial charge >= 0.3 is 5.97 Å². The van der Waals surface area contributed by atoms with Crippen LogP contribution in [0.15, 0.2) is 30.3 Å². The smallest absolute Gasteiger partial charge is 0.326 e. The summed E-state index contributed by atoms with van der Waals surface area (Å²) in [5.74, 6) is -3.66. The first-order valence-electron chi connectivity index (χ1n) is 10.7. The number of benzene rings is 1. The minimum atomic E-state index is -1.22. The van der Waals surface area contributed by atoms with Crippen LogP contribution in [-0.2, 0) is 25.6 Å². The molecule has 184 valence electrons. The summed E-state index contributed by atoms with van der Waals surface area (Å²) >= 11 is 4.11. The van der Waals surface area contributed by atoms with Gasteiger partial charge in [-0.15, -0.1) is 0 Å². The molecule has 0 saturated carbocycles. The van der Waals surface area contributed by atoms with Crippen LogP contribution in [-0.4, -0.2) is 69.9 Å². The Balaban J connectivity index is 2.90. The number of hydrogen-bond acceptors (Lipinski definition) is 7. The lowest BCUT2D eigenvalue weighted by Gasteiger charge is -2.28. The van der Waals surface area contributed by atoms with E-state index in [1.54, 1.807) is 37.3 Å². The van der Waals surface area contributed by atoms with Gasteiger partial charge in [-0.05, 0) is 18.4 Å². The zero-order valence-electron chi connectivity index (χ0n) is 19.0. The van der Waals surface area contributed by atoms with E-state index in [0.717, 1.165) is 5.56 Å². The van der Waals surface area contributed by atoms with Gasteiger partial charge in [0.25, 0.3) is 0 Å².